The number of carbonyl (C=O) groups excluding carboxylic acids is 5. The topological polar surface area (TPSA) is 249 Å². The van der Waals surface area contributed by atoms with Crippen LogP contribution in [0.1, 0.15) is 79.6 Å². The smallest absolute Gasteiger partial charge is 0.407 e. The first-order chi connectivity index (χ1) is 24.8. The first-order valence-electron chi connectivity index (χ1n) is 16.8. The molecule has 300 valence electrons. The number of unbranched alkanes of at least 4 members (excludes halogenated alkanes) is 1. The minimum absolute atomic E-state index is 0.0159. The lowest BCUT2D eigenvalue weighted by Gasteiger charge is -2.22. The highest BCUT2D eigenvalue weighted by atomic mass is 16.7. The summed E-state index contributed by atoms with van der Waals surface area (Å²) in [5.41, 5.74) is 4.83. The van der Waals surface area contributed by atoms with Crippen LogP contribution in [0.25, 0.3) is 0 Å². The number of carboxylic acid groups (broad SMARTS) is 1. The molecule has 1 aromatic rings. The Balaban J connectivity index is -0.000000359. The maximum Gasteiger partial charge on any atom is 0.407 e. The van der Waals surface area contributed by atoms with E-state index in [0.29, 0.717) is 58.0 Å². The third kappa shape index (κ3) is 43.6. The van der Waals surface area contributed by atoms with Gasteiger partial charge in [-0.2, -0.15) is 0 Å². The molecular formula is C35H61N3O14. The van der Waals surface area contributed by atoms with Crippen LogP contribution in [0.3, 0.4) is 0 Å². The van der Waals surface area contributed by atoms with Gasteiger partial charge < -0.3 is 59.5 Å². The van der Waals surface area contributed by atoms with E-state index in [2.05, 4.69) is 5.32 Å². The van der Waals surface area contributed by atoms with E-state index >= 15 is 0 Å². The van der Waals surface area contributed by atoms with Crippen LogP contribution in [-0.2, 0) is 57.1 Å². The van der Waals surface area contributed by atoms with Crippen molar-refractivity contribution in [3.05, 3.63) is 35.9 Å². The van der Waals surface area contributed by atoms with Crippen molar-refractivity contribution in [1.29, 1.82) is 5.41 Å². The van der Waals surface area contributed by atoms with E-state index in [4.69, 9.17) is 49.4 Å². The largest absolute Gasteiger partial charge is 0.481 e. The third-order valence-electron chi connectivity index (χ3n) is 4.92. The highest BCUT2D eigenvalue weighted by molar-refractivity contribution is 5.76. The Bertz CT molecular complexity index is 1040. The lowest BCUT2D eigenvalue weighted by atomic mass is 9.97. The summed E-state index contributed by atoms with van der Waals surface area (Å²) < 4.78 is 35.4. The van der Waals surface area contributed by atoms with Crippen molar-refractivity contribution in [2.45, 2.75) is 74.0 Å². The molecule has 52 heavy (non-hydrogen) atoms. The molecule has 0 spiro atoms. The minimum Gasteiger partial charge on any atom is -0.481 e. The number of carbonyl (C=O) groups is 6. The molecule has 0 aliphatic rings. The number of primary amides is 1. The van der Waals surface area contributed by atoms with Gasteiger partial charge in [0.15, 0.2) is 0 Å². The Hall–Kier alpha value is -4.45. The van der Waals surface area contributed by atoms with Crippen LogP contribution in [0.5, 0.6) is 0 Å². The molecule has 0 saturated carbocycles. The van der Waals surface area contributed by atoms with E-state index in [1.165, 1.54) is 6.21 Å². The van der Waals surface area contributed by atoms with Gasteiger partial charge in [0.05, 0.1) is 64.7 Å². The number of esters is 2. The number of rotatable bonds is 23. The van der Waals surface area contributed by atoms with Crippen molar-refractivity contribution >= 4 is 42.9 Å². The zero-order valence-corrected chi connectivity index (χ0v) is 31.7. The van der Waals surface area contributed by atoms with Gasteiger partial charge in [0.25, 0.3) is 6.29 Å². The summed E-state index contributed by atoms with van der Waals surface area (Å²) in [6, 6.07) is 8.67. The molecule has 0 aromatic heterocycles. The van der Waals surface area contributed by atoms with Gasteiger partial charge in [0.1, 0.15) is 19.4 Å². The number of carboxylic acids is 1. The number of nitrogens with one attached hydrogen (secondary N) is 2. The quantitative estimate of drug-likeness (QED) is 0.0408. The SMILES string of the molecule is CC.CC(C)(C)C(=O)OC(OC(N)=O)c1ccccc1.CC=N.CCCC=O.O=CNCC(=O)OCCOCCOCCOCCOCCC(=O)O. The molecule has 1 unspecified atom stereocenters. The van der Waals surface area contributed by atoms with Gasteiger partial charge in [-0.1, -0.05) is 51.1 Å². The van der Waals surface area contributed by atoms with E-state index in [-0.39, 0.29) is 32.8 Å². The number of nitrogens with two attached hydrogens (primary N) is 1. The van der Waals surface area contributed by atoms with E-state index in [0.717, 1.165) is 12.7 Å². The fraction of sp³-hybridized carbons (Fsp3) is 0.629. The Kier molecular flexibility index (Phi) is 42.8. The molecule has 0 fully saturated rings. The van der Waals surface area contributed by atoms with Gasteiger partial charge in [-0.05, 0) is 40.3 Å². The third-order valence-corrected chi connectivity index (χ3v) is 4.92. The lowest BCUT2D eigenvalue weighted by Crippen LogP contribution is -2.28. The first kappa shape index (κ1) is 54.3. The fourth-order valence-corrected chi connectivity index (χ4v) is 2.58. The Morgan fingerprint density at radius 1 is 0.846 bits per heavy atom. The van der Waals surface area contributed by atoms with Crippen LogP contribution in [0, 0.1) is 10.8 Å². The Morgan fingerprint density at radius 2 is 1.31 bits per heavy atom. The van der Waals surface area contributed by atoms with E-state index < -0.39 is 35.7 Å². The average Bonchev–Trinajstić information content (AvgIpc) is 3.10. The fourth-order valence-electron chi connectivity index (χ4n) is 2.58. The number of aliphatic carboxylic acids is 1. The number of aldehydes is 1. The molecule has 0 aliphatic heterocycles. The number of ether oxygens (including phenoxy) is 7. The molecule has 17 heteroatoms. The van der Waals surface area contributed by atoms with Gasteiger partial charge in [0, 0.05) is 12.0 Å². The maximum atomic E-state index is 11.8. The zero-order chi connectivity index (χ0) is 40.5. The van der Waals surface area contributed by atoms with Crippen LogP contribution in [0.15, 0.2) is 30.3 Å². The van der Waals surface area contributed by atoms with Crippen LogP contribution in [0.2, 0.25) is 0 Å². The summed E-state index contributed by atoms with van der Waals surface area (Å²) in [6.07, 6.45) is 2.16. The normalized spacial score (nSPS) is 10.2. The molecule has 1 atom stereocenters. The van der Waals surface area contributed by atoms with Gasteiger partial charge in [-0.3, -0.25) is 19.2 Å². The molecule has 0 heterocycles. The molecule has 2 amide bonds. The Morgan fingerprint density at radius 3 is 1.67 bits per heavy atom. The zero-order valence-electron chi connectivity index (χ0n) is 31.7. The standard InChI is InChI=1S/C14H25NO9.C13H17NO4.C4H8O.C2H5N.C2H6/c16-12-15-11-14(19)24-10-9-23-8-7-22-6-5-21-4-3-20-2-1-13(17)18;1-13(2,3)11(15)17-10(18-12(14)16)9-7-5-4-6-8-9;1-2-3-4-5;1-2-3;1-2/h12H,1-11H2,(H,15,16)(H,17,18);4-8,10H,1-3H3,(H2,14,16);4H,2-3H2,1H3;2-3H,1H3;1-2H3. The van der Waals surface area contributed by atoms with E-state index in [9.17, 15) is 28.8 Å². The molecule has 0 aliphatic carbocycles. The number of hydrogen-bond donors (Lipinski definition) is 4. The molecule has 1 rings (SSSR count). The van der Waals surface area contributed by atoms with Crippen LogP contribution >= 0.6 is 0 Å². The van der Waals surface area contributed by atoms with Crippen molar-refractivity contribution in [2.75, 3.05) is 66.0 Å². The molecule has 0 saturated heterocycles. The lowest BCUT2D eigenvalue weighted by molar-refractivity contribution is -0.178. The summed E-state index contributed by atoms with van der Waals surface area (Å²) in [5.74, 6) is -1.89. The minimum atomic E-state index is -1.12. The number of benzene rings is 1. The van der Waals surface area contributed by atoms with Crippen molar-refractivity contribution in [3.8, 4) is 0 Å². The van der Waals surface area contributed by atoms with Crippen molar-refractivity contribution in [2.24, 2.45) is 11.1 Å². The van der Waals surface area contributed by atoms with Crippen molar-refractivity contribution in [3.63, 3.8) is 0 Å². The predicted molar refractivity (Wildman–Crippen MR) is 193 cm³/mol. The van der Waals surface area contributed by atoms with E-state index in [1.807, 2.05) is 20.8 Å². The monoisotopic (exact) mass is 747 g/mol. The summed E-state index contributed by atoms with van der Waals surface area (Å²) in [7, 11) is 0. The second-order valence-electron chi connectivity index (χ2n) is 10.4. The molecule has 5 N–H and O–H groups in total. The van der Waals surface area contributed by atoms with Crippen molar-refractivity contribution < 1.29 is 67.0 Å². The average molecular weight is 748 g/mol. The first-order valence-corrected chi connectivity index (χ1v) is 16.8. The number of hydrogen-bond acceptors (Lipinski definition) is 14. The maximum absolute atomic E-state index is 11.8. The summed E-state index contributed by atoms with van der Waals surface area (Å²) in [4.78, 5) is 63.1. The highest BCUT2D eigenvalue weighted by Gasteiger charge is 2.28. The molecule has 0 radical (unpaired) electrons. The molecular weight excluding hydrogens is 686 g/mol. The van der Waals surface area contributed by atoms with Crippen LogP contribution in [0.4, 0.5) is 4.79 Å². The van der Waals surface area contributed by atoms with E-state index in [1.54, 1.807) is 58.0 Å². The van der Waals surface area contributed by atoms with Gasteiger partial charge in [0.2, 0.25) is 6.41 Å². The molecule has 17 nitrogen and oxygen atoms in total. The second-order valence-corrected chi connectivity index (χ2v) is 10.4. The van der Waals surface area contributed by atoms with Crippen LogP contribution in [-0.4, -0.2) is 114 Å². The molecule has 0 bridgehead atoms. The van der Waals surface area contributed by atoms with Crippen molar-refractivity contribution in [1.82, 2.24) is 5.32 Å². The highest BCUT2D eigenvalue weighted by Crippen LogP contribution is 2.24. The van der Waals surface area contributed by atoms with Gasteiger partial charge >= 0.3 is 24.0 Å². The summed E-state index contributed by atoms with van der Waals surface area (Å²) >= 11 is 0. The predicted octanol–water partition coefficient (Wildman–Crippen LogP) is 3.85. The van der Waals surface area contributed by atoms with Gasteiger partial charge in [-0.25, -0.2) is 4.79 Å². The number of amides is 2. The van der Waals surface area contributed by atoms with Gasteiger partial charge in [-0.15, -0.1) is 0 Å². The second kappa shape index (κ2) is 41.0. The Labute approximate surface area is 307 Å². The summed E-state index contributed by atoms with van der Waals surface area (Å²) in [6.45, 7) is 15.5. The summed E-state index contributed by atoms with van der Waals surface area (Å²) in [5, 5.41) is 16.7. The van der Waals surface area contributed by atoms with Crippen LogP contribution < -0.4 is 11.1 Å². The molecule has 1 aromatic carbocycles.